The molecule has 0 aliphatic carbocycles. The summed E-state index contributed by atoms with van der Waals surface area (Å²) in [5.41, 5.74) is 12.1. The van der Waals surface area contributed by atoms with Crippen LogP contribution in [-0.2, 0) is 44.8 Å². The van der Waals surface area contributed by atoms with Gasteiger partial charge in [0.05, 0.1) is 49.0 Å². The summed E-state index contributed by atoms with van der Waals surface area (Å²) in [5.74, 6) is 1.61. The van der Waals surface area contributed by atoms with Gasteiger partial charge in [-0.3, -0.25) is 24.9 Å². The molecule has 0 aromatic carbocycles. The lowest BCUT2D eigenvalue weighted by atomic mass is 9.99. The van der Waals surface area contributed by atoms with Gasteiger partial charge in [0.1, 0.15) is 5.84 Å². The number of ether oxygens (including phenoxy) is 3. The fourth-order valence-corrected chi connectivity index (χ4v) is 9.52. The van der Waals surface area contributed by atoms with Gasteiger partial charge in [0.15, 0.2) is 5.82 Å². The number of carbonyl (C=O) groups is 2. The summed E-state index contributed by atoms with van der Waals surface area (Å²) in [5, 5.41) is 18.0. The Hall–Kier alpha value is -5.02. The molecule has 0 radical (unpaired) electrons. The Balaban J connectivity index is 0.000000198. The molecule has 2 fully saturated rings. The van der Waals surface area contributed by atoms with Gasteiger partial charge < -0.3 is 39.1 Å². The standard InChI is InChI=1S/C23H33N5O3.C22H29N5O2.2C2H6/c1-15-13-21-20(25-16(15)2)5-4-9-28(21)22(24)18-14-27(23(29)30-3)10-6-19(18)26-17-7-11-31-12-8-17;1-15-5-6-21-19(23-15)4-3-10-26(21)22-18-14-25(16(2)28)11-7-20(18)27(24-22)17-8-12-29-13-9-17;2*1-2/h13,17,24,26H,4-12,14H2,1-3H3;5-6,17H,3-4,7-14H2,1-2H3;2*1-2H3. The SMILES string of the molecule is CC.CC.CC(=O)N1CCc2c(c(N3CCCc4nc(C)ccc43)nn2C2CCOCC2)C1.COC(=O)N1CCC(NC2CCOCC2)=C(C(=N)N2CCCc3nc(C)c(C)cc32)C1. The number of amidine groups is 1. The van der Waals surface area contributed by atoms with E-state index in [9.17, 15) is 9.59 Å². The summed E-state index contributed by atoms with van der Waals surface area (Å²) >= 11 is 0. The molecule has 2 saturated heterocycles. The third-order valence-electron chi connectivity index (χ3n) is 13.0. The molecule has 2 N–H and O–H groups in total. The molecule has 0 unspecified atom stereocenters. The molecule has 6 aliphatic rings. The van der Waals surface area contributed by atoms with Crippen LogP contribution in [0.3, 0.4) is 0 Å². The number of aromatic nitrogens is 4. The van der Waals surface area contributed by atoms with Crippen molar-refractivity contribution in [3.8, 4) is 0 Å². The zero-order chi connectivity index (χ0) is 45.9. The minimum atomic E-state index is -0.345. The van der Waals surface area contributed by atoms with Gasteiger partial charge in [0.2, 0.25) is 5.91 Å². The predicted molar refractivity (Wildman–Crippen MR) is 253 cm³/mol. The highest BCUT2D eigenvalue weighted by atomic mass is 16.5. The fourth-order valence-electron chi connectivity index (χ4n) is 9.52. The first-order chi connectivity index (χ1) is 31.1. The topological polar surface area (TPSA) is 154 Å². The third-order valence-corrected chi connectivity index (χ3v) is 13.0. The van der Waals surface area contributed by atoms with Crippen LogP contribution in [0.1, 0.15) is 125 Å². The second-order valence-corrected chi connectivity index (χ2v) is 17.0. The maximum atomic E-state index is 12.2. The minimum absolute atomic E-state index is 0.136. The molecule has 2 amide bonds. The smallest absolute Gasteiger partial charge is 0.409 e. The maximum Gasteiger partial charge on any atom is 0.409 e. The summed E-state index contributed by atoms with van der Waals surface area (Å²) < 4.78 is 18.3. The number of fused-ring (bicyclic) bond motifs is 3. The van der Waals surface area contributed by atoms with Gasteiger partial charge in [-0.1, -0.05) is 27.7 Å². The number of anilines is 3. The second-order valence-electron chi connectivity index (χ2n) is 17.0. The Morgan fingerprint density at radius 2 is 1.45 bits per heavy atom. The largest absolute Gasteiger partial charge is 0.453 e. The van der Waals surface area contributed by atoms with Crippen LogP contribution in [-0.4, -0.2) is 120 Å². The molecule has 6 aliphatic heterocycles. The molecule has 0 spiro atoms. The van der Waals surface area contributed by atoms with E-state index in [0.29, 0.717) is 44.0 Å². The number of carbonyl (C=O) groups excluding carboxylic acids is 2. The number of aryl methyl sites for hydroxylation is 5. The Bertz CT molecular complexity index is 2120. The monoisotopic (exact) mass is 883 g/mol. The summed E-state index contributed by atoms with van der Waals surface area (Å²) in [6, 6.07) is 7.15. The molecule has 15 nitrogen and oxygen atoms in total. The molecule has 0 saturated carbocycles. The van der Waals surface area contributed by atoms with E-state index in [-0.39, 0.29) is 12.0 Å². The molecule has 15 heteroatoms. The van der Waals surface area contributed by atoms with Gasteiger partial charge in [0, 0.05) is 112 Å². The highest BCUT2D eigenvalue weighted by Crippen LogP contribution is 2.39. The zero-order valence-corrected chi connectivity index (χ0v) is 40.1. The molecule has 3 aromatic rings. The van der Waals surface area contributed by atoms with Crippen LogP contribution in [0.25, 0.3) is 0 Å². The molecule has 0 bridgehead atoms. The molecule has 9 rings (SSSR count). The lowest BCUT2D eigenvalue weighted by Gasteiger charge is -2.37. The summed E-state index contributed by atoms with van der Waals surface area (Å²) in [7, 11) is 1.41. The van der Waals surface area contributed by atoms with Crippen molar-refractivity contribution in [3.05, 3.63) is 69.1 Å². The van der Waals surface area contributed by atoms with Crippen molar-refractivity contribution in [3.63, 3.8) is 0 Å². The number of pyridine rings is 2. The van der Waals surface area contributed by atoms with Crippen molar-refractivity contribution in [1.82, 2.24) is 34.9 Å². The lowest BCUT2D eigenvalue weighted by Crippen LogP contribution is -2.47. The van der Waals surface area contributed by atoms with Gasteiger partial charge >= 0.3 is 6.09 Å². The Morgan fingerprint density at radius 1 is 0.797 bits per heavy atom. The molecule has 0 atom stereocenters. The summed E-state index contributed by atoms with van der Waals surface area (Å²) in [6.45, 7) is 23.0. The third kappa shape index (κ3) is 10.9. The van der Waals surface area contributed by atoms with Gasteiger partial charge in [-0.25, -0.2) is 4.79 Å². The Morgan fingerprint density at radius 3 is 2.14 bits per heavy atom. The molecule has 350 valence electrons. The summed E-state index contributed by atoms with van der Waals surface area (Å²) in [4.78, 5) is 41.9. The van der Waals surface area contributed by atoms with Gasteiger partial charge in [-0.15, -0.1) is 0 Å². The number of nitrogens with zero attached hydrogens (tertiary/aromatic N) is 8. The van der Waals surface area contributed by atoms with Crippen molar-refractivity contribution < 1.29 is 23.8 Å². The first-order valence-corrected chi connectivity index (χ1v) is 24.0. The number of hydrogen-bond donors (Lipinski definition) is 2. The van der Waals surface area contributed by atoms with E-state index in [4.69, 9.17) is 34.7 Å². The quantitative estimate of drug-likeness (QED) is 0.190. The average molecular weight is 883 g/mol. The lowest BCUT2D eigenvalue weighted by molar-refractivity contribution is -0.129. The van der Waals surface area contributed by atoms with Crippen LogP contribution in [0.2, 0.25) is 0 Å². The summed E-state index contributed by atoms with van der Waals surface area (Å²) in [6.07, 6.45) is 9.10. The van der Waals surface area contributed by atoms with E-state index in [1.54, 1.807) is 11.8 Å². The number of hydrogen-bond acceptors (Lipinski definition) is 11. The van der Waals surface area contributed by atoms with Crippen molar-refractivity contribution in [2.45, 2.75) is 138 Å². The molecular formula is C49H74N10O5. The second kappa shape index (κ2) is 22.7. The highest BCUT2D eigenvalue weighted by molar-refractivity contribution is 6.09. The predicted octanol–water partition coefficient (Wildman–Crippen LogP) is 7.90. The first kappa shape index (κ1) is 48.4. The fraction of sp³-hybridized carbons (Fsp3) is 0.633. The van der Waals surface area contributed by atoms with Crippen LogP contribution in [0.5, 0.6) is 0 Å². The van der Waals surface area contributed by atoms with Crippen LogP contribution < -0.4 is 15.1 Å². The van der Waals surface area contributed by atoms with E-state index in [1.165, 1.54) is 24.1 Å². The van der Waals surface area contributed by atoms with Crippen molar-refractivity contribution in [1.29, 1.82) is 5.41 Å². The molecule has 64 heavy (non-hydrogen) atoms. The van der Waals surface area contributed by atoms with E-state index >= 15 is 0 Å². The van der Waals surface area contributed by atoms with Gasteiger partial charge in [-0.05, 0) is 95.9 Å². The van der Waals surface area contributed by atoms with E-state index in [1.807, 2.05) is 46.4 Å². The zero-order valence-electron chi connectivity index (χ0n) is 40.1. The highest BCUT2D eigenvalue weighted by Gasteiger charge is 2.35. The number of methoxy groups -OCH3 is 1. The van der Waals surface area contributed by atoms with Gasteiger partial charge in [-0.2, -0.15) is 5.10 Å². The van der Waals surface area contributed by atoms with Crippen LogP contribution >= 0.6 is 0 Å². The number of rotatable bonds is 5. The molecule has 9 heterocycles. The number of nitrogens with one attached hydrogen (secondary N) is 2. The van der Waals surface area contributed by atoms with Gasteiger partial charge in [0.25, 0.3) is 0 Å². The van der Waals surface area contributed by atoms with E-state index in [0.717, 1.165) is 155 Å². The van der Waals surface area contributed by atoms with Crippen LogP contribution in [0, 0.1) is 26.2 Å². The van der Waals surface area contributed by atoms with E-state index < -0.39 is 0 Å². The van der Waals surface area contributed by atoms with Crippen molar-refractivity contribution in [2.75, 3.05) is 76.1 Å². The van der Waals surface area contributed by atoms with E-state index in [2.05, 4.69) is 44.9 Å². The van der Waals surface area contributed by atoms with Crippen LogP contribution in [0.15, 0.2) is 29.5 Å². The number of amides is 2. The molecular weight excluding hydrogens is 809 g/mol. The Kier molecular flexibility index (Phi) is 17.2. The van der Waals surface area contributed by atoms with Crippen LogP contribution in [0.4, 0.5) is 22.0 Å². The normalized spacial score (nSPS) is 18.8. The Labute approximate surface area is 381 Å². The minimum Gasteiger partial charge on any atom is -0.453 e. The first-order valence-electron chi connectivity index (χ1n) is 24.0. The molecule has 3 aromatic heterocycles. The van der Waals surface area contributed by atoms with Crippen molar-refractivity contribution >= 4 is 35.0 Å². The average Bonchev–Trinajstić information content (AvgIpc) is 3.72. The van der Waals surface area contributed by atoms with Crippen molar-refractivity contribution in [2.24, 2.45) is 0 Å². The maximum absolute atomic E-state index is 12.2.